The van der Waals surface area contributed by atoms with Gasteiger partial charge in [-0.15, -0.1) is 0 Å². The highest BCUT2D eigenvalue weighted by molar-refractivity contribution is 5.79. The number of hydrogen-bond acceptors (Lipinski definition) is 3. The number of rotatable bonds is 6. The number of nitrogens with one attached hydrogen (secondary N) is 2. The molecule has 2 rings (SSSR count). The zero-order chi connectivity index (χ0) is 14.5. The molecule has 6 heteroatoms. The maximum atomic E-state index is 11.8. The Labute approximate surface area is 118 Å². The lowest BCUT2D eigenvalue weighted by molar-refractivity contribution is -0.131. The van der Waals surface area contributed by atoms with E-state index in [-0.39, 0.29) is 0 Å². The van der Waals surface area contributed by atoms with E-state index in [0.717, 1.165) is 11.4 Å². The van der Waals surface area contributed by atoms with E-state index < -0.39 is 12.1 Å². The highest BCUT2D eigenvalue weighted by atomic mass is 16.3. The molecule has 0 aliphatic carbocycles. The molecule has 0 saturated heterocycles. The molecule has 0 saturated carbocycles. The van der Waals surface area contributed by atoms with Crippen LogP contribution in [0, 0.1) is 0 Å². The van der Waals surface area contributed by atoms with Gasteiger partial charge in [0.15, 0.2) is 6.23 Å². The van der Waals surface area contributed by atoms with Gasteiger partial charge in [0.1, 0.15) is 0 Å². The van der Waals surface area contributed by atoms with Crippen molar-refractivity contribution >= 4 is 5.91 Å². The quantitative estimate of drug-likeness (QED) is 0.655. The first-order valence-corrected chi connectivity index (χ1v) is 6.47. The standard InChI is InChI=1S/C14H20N4O2/c1-17-7-3-5-11(17)9-15-13(19)14(20)16-10-12-6-4-8-18(12)2/h3-8,13,15,19H,9-10H2,1-2H3,(H,16,20). The fourth-order valence-electron chi connectivity index (χ4n) is 1.93. The number of nitrogens with zero attached hydrogens (tertiary/aromatic N) is 2. The van der Waals surface area contributed by atoms with Crippen LogP contribution in [-0.2, 0) is 32.0 Å². The molecule has 0 spiro atoms. The van der Waals surface area contributed by atoms with Gasteiger partial charge in [0, 0.05) is 44.4 Å². The molecule has 6 nitrogen and oxygen atoms in total. The molecule has 1 atom stereocenters. The molecule has 2 aromatic heterocycles. The van der Waals surface area contributed by atoms with Gasteiger partial charge in [-0.2, -0.15) is 0 Å². The summed E-state index contributed by atoms with van der Waals surface area (Å²) >= 11 is 0. The number of amides is 1. The molecule has 0 aliphatic heterocycles. The van der Waals surface area contributed by atoms with E-state index in [0.29, 0.717) is 13.1 Å². The summed E-state index contributed by atoms with van der Waals surface area (Å²) in [6, 6.07) is 7.68. The van der Waals surface area contributed by atoms with Crippen molar-refractivity contribution in [2.45, 2.75) is 19.3 Å². The van der Waals surface area contributed by atoms with Crippen LogP contribution in [0.25, 0.3) is 0 Å². The van der Waals surface area contributed by atoms with E-state index >= 15 is 0 Å². The van der Waals surface area contributed by atoms with Crippen LogP contribution in [0.15, 0.2) is 36.7 Å². The molecule has 1 unspecified atom stereocenters. The van der Waals surface area contributed by atoms with E-state index in [1.165, 1.54) is 0 Å². The van der Waals surface area contributed by atoms with Gasteiger partial charge in [-0.1, -0.05) is 0 Å². The topological polar surface area (TPSA) is 71.2 Å². The molecular formula is C14H20N4O2. The van der Waals surface area contributed by atoms with Crippen molar-refractivity contribution in [2.75, 3.05) is 0 Å². The molecule has 0 radical (unpaired) electrons. The SMILES string of the molecule is Cn1cccc1CNC(=O)C(O)NCc1cccn1C. The van der Waals surface area contributed by atoms with E-state index in [9.17, 15) is 9.90 Å². The first-order valence-electron chi connectivity index (χ1n) is 6.47. The van der Waals surface area contributed by atoms with Crippen LogP contribution < -0.4 is 10.6 Å². The summed E-state index contributed by atoms with van der Waals surface area (Å²) in [5.41, 5.74) is 1.98. The van der Waals surface area contributed by atoms with Crippen molar-refractivity contribution in [1.29, 1.82) is 0 Å². The van der Waals surface area contributed by atoms with Gasteiger partial charge in [-0.3, -0.25) is 10.1 Å². The summed E-state index contributed by atoms with van der Waals surface area (Å²) in [7, 11) is 3.82. The molecular weight excluding hydrogens is 256 g/mol. The molecule has 2 heterocycles. The molecule has 1 amide bonds. The first-order chi connectivity index (χ1) is 9.58. The van der Waals surface area contributed by atoms with Gasteiger partial charge in [0.2, 0.25) is 0 Å². The van der Waals surface area contributed by atoms with Gasteiger partial charge < -0.3 is 19.6 Å². The van der Waals surface area contributed by atoms with E-state index in [1.807, 2.05) is 59.9 Å². The number of aromatic nitrogens is 2. The molecule has 20 heavy (non-hydrogen) atoms. The zero-order valence-electron chi connectivity index (χ0n) is 11.7. The van der Waals surface area contributed by atoms with Gasteiger partial charge in [-0.05, 0) is 24.3 Å². The summed E-state index contributed by atoms with van der Waals surface area (Å²) in [5, 5.41) is 15.2. The minimum atomic E-state index is -1.22. The smallest absolute Gasteiger partial charge is 0.264 e. The van der Waals surface area contributed by atoms with Gasteiger partial charge in [0.25, 0.3) is 5.91 Å². The zero-order valence-corrected chi connectivity index (χ0v) is 11.7. The maximum absolute atomic E-state index is 11.8. The minimum absolute atomic E-state index is 0.394. The second-order valence-electron chi connectivity index (χ2n) is 4.72. The van der Waals surface area contributed by atoms with E-state index in [2.05, 4.69) is 10.6 Å². The Morgan fingerprint density at radius 1 is 1.15 bits per heavy atom. The normalized spacial score (nSPS) is 12.3. The van der Waals surface area contributed by atoms with Crippen molar-refractivity contribution < 1.29 is 9.90 Å². The van der Waals surface area contributed by atoms with Crippen molar-refractivity contribution in [3.05, 3.63) is 48.0 Å². The highest BCUT2D eigenvalue weighted by Gasteiger charge is 2.14. The van der Waals surface area contributed by atoms with Gasteiger partial charge in [0.05, 0.1) is 6.54 Å². The number of carbonyl (C=O) groups excluding carboxylic acids is 1. The molecule has 2 aromatic rings. The Hall–Kier alpha value is -2.05. The third kappa shape index (κ3) is 3.49. The molecule has 0 aromatic carbocycles. The van der Waals surface area contributed by atoms with Gasteiger partial charge in [-0.25, -0.2) is 0 Å². The van der Waals surface area contributed by atoms with Crippen molar-refractivity contribution in [1.82, 2.24) is 19.8 Å². The lowest BCUT2D eigenvalue weighted by atomic mass is 10.4. The molecule has 0 fully saturated rings. The lowest BCUT2D eigenvalue weighted by Gasteiger charge is -2.13. The van der Waals surface area contributed by atoms with Crippen LogP contribution in [0.1, 0.15) is 11.4 Å². The van der Waals surface area contributed by atoms with Crippen molar-refractivity contribution in [3.8, 4) is 0 Å². The van der Waals surface area contributed by atoms with Crippen LogP contribution in [0.4, 0.5) is 0 Å². The Bertz CT molecular complexity index is 573. The largest absolute Gasteiger partial charge is 0.370 e. The van der Waals surface area contributed by atoms with Gasteiger partial charge >= 0.3 is 0 Å². The number of aryl methyl sites for hydroxylation is 2. The predicted molar refractivity (Wildman–Crippen MR) is 75.5 cm³/mol. The van der Waals surface area contributed by atoms with Crippen LogP contribution in [0.2, 0.25) is 0 Å². The monoisotopic (exact) mass is 276 g/mol. The Kier molecular flexibility index (Phi) is 4.60. The maximum Gasteiger partial charge on any atom is 0.264 e. The second-order valence-corrected chi connectivity index (χ2v) is 4.72. The lowest BCUT2D eigenvalue weighted by Crippen LogP contribution is -2.43. The fraction of sp³-hybridized carbons (Fsp3) is 0.357. The summed E-state index contributed by atoms with van der Waals surface area (Å²) in [6.45, 7) is 0.827. The molecule has 108 valence electrons. The summed E-state index contributed by atoms with van der Waals surface area (Å²) in [4.78, 5) is 11.8. The first kappa shape index (κ1) is 14.4. The fourth-order valence-corrected chi connectivity index (χ4v) is 1.93. The summed E-state index contributed by atoms with van der Waals surface area (Å²) in [5.74, 6) is -0.430. The minimum Gasteiger partial charge on any atom is -0.370 e. The van der Waals surface area contributed by atoms with Crippen molar-refractivity contribution in [2.24, 2.45) is 14.1 Å². The highest BCUT2D eigenvalue weighted by Crippen LogP contribution is 2.00. The van der Waals surface area contributed by atoms with Crippen LogP contribution >= 0.6 is 0 Å². The third-order valence-electron chi connectivity index (χ3n) is 3.27. The molecule has 0 aliphatic rings. The molecule has 3 N–H and O–H groups in total. The second kappa shape index (κ2) is 6.40. The average Bonchev–Trinajstić information content (AvgIpc) is 3.02. The third-order valence-corrected chi connectivity index (χ3v) is 3.27. The van der Waals surface area contributed by atoms with Crippen LogP contribution in [-0.4, -0.2) is 26.4 Å². The number of aliphatic hydroxyl groups is 1. The van der Waals surface area contributed by atoms with E-state index in [1.54, 1.807) is 0 Å². The Balaban J connectivity index is 1.77. The number of carbonyl (C=O) groups is 1. The summed E-state index contributed by atoms with van der Waals surface area (Å²) < 4.78 is 3.85. The van der Waals surface area contributed by atoms with Crippen LogP contribution in [0.5, 0.6) is 0 Å². The molecule has 0 bridgehead atoms. The number of aliphatic hydroxyl groups excluding tert-OH is 1. The van der Waals surface area contributed by atoms with Crippen molar-refractivity contribution in [3.63, 3.8) is 0 Å². The van der Waals surface area contributed by atoms with E-state index in [4.69, 9.17) is 0 Å². The average molecular weight is 276 g/mol. The van der Waals surface area contributed by atoms with Crippen LogP contribution in [0.3, 0.4) is 0 Å². The Morgan fingerprint density at radius 3 is 2.20 bits per heavy atom. The number of hydrogen-bond donors (Lipinski definition) is 3. The predicted octanol–water partition coefficient (Wildman–Crippen LogP) is 0.0880. The summed E-state index contributed by atoms with van der Waals surface area (Å²) in [6.07, 6.45) is 2.61. The Morgan fingerprint density at radius 2 is 1.70 bits per heavy atom.